The third-order valence-corrected chi connectivity index (χ3v) is 28.1. The molecule has 8 bridgehead atoms. The molecule has 2 spiro atoms. The number of ketones is 2. The van der Waals surface area contributed by atoms with Crippen LogP contribution in [0.2, 0.25) is 0 Å². The zero-order valence-electron chi connectivity index (χ0n) is 55.2. The van der Waals surface area contributed by atoms with Crippen LogP contribution in [0.4, 0.5) is 5.69 Å². The van der Waals surface area contributed by atoms with Gasteiger partial charge in [0, 0.05) is 54.6 Å². The van der Waals surface area contributed by atoms with Crippen LogP contribution in [0, 0.1) is 110 Å². The molecule has 11 nitrogen and oxygen atoms in total. The molecule has 9 N–H and O–H groups in total. The Labute approximate surface area is 532 Å². The third-order valence-electron chi connectivity index (χ3n) is 28.1. The van der Waals surface area contributed by atoms with Crippen LogP contribution >= 0.6 is 0 Å². The standard InChI is InChI=1S/C78H109N3O8/c1-42(2)17-19-55-53-23-25-61(84)68(55)78-37-60-70-75(7,59-16-13-29-77(70,28-11-10-27-73(5,88)41-81-60)71(87)64(59)48-32-45(39-80-9)34-50(83)36-48)63(78)26-24-58-67(62(85)38-74(58,78)6)66-56(22-21-52-46(40-82)18-20-54(53)65(52)66)69(86)72-76(8,89-72)57-15-12-14-51(57)47-31-44(30-43(3)4)33-49(79)35-47/h13,16,21-23,25,31-36,42-43,46,51-57,59-61,63-66,68-70,72,80-84,86,88H,10-12,14-15,17-20,24,26-30,37-41,79H2,1-9H3. The molecule has 5 saturated carbocycles. The molecule has 25 unspecified atom stereocenters. The van der Waals surface area contributed by atoms with E-state index < -0.39 is 63.0 Å². The van der Waals surface area contributed by atoms with Crippen molar-refractivity contribution in [1.29, 1.82) is 0 Å². The van der Waals surface area contributed by atoms with Crippen molar-refractivity contribution in [2.24, 2.45) is 110 Å². The van der Waals surface area contributed by atoms with E-state index in [1.807, 2.05) is 26.1 Å². The lowest BCUT2D eigenvalue weighted by Gasteiger charge is -2.76. The summed E-state index contributed by atoms with van der Waals surface area (Å²) in [7, 11) is 1.92. The number of phenolic OH excluding ortho intramolecular Hbond substituents is 1. The Kier molecular flexibility index (Phi) is 15.9. The quantitative estimate of drug-likeness (QED) is 0.0540. The molecule has 7 fully saturated rings. The number of epoxide rings is 1. The lowest BCUT2D eigenvalue weighted by Crippen LogP contribution is -2.75. The van der Waals surface area contributed by atoms with Gasteiger partial charge < -0.3 is 46.6 Å². The summed E-state index contributed by atoms with van der Waals surface area (Å²) in [6.07, 6.45) is 25.8. The molecule has 2 saturated heterocycles. The maximum absolute atomic E-state index is 16.8. The van der Waals surface area contributed by atoms with E-state index in [4.69, 9.17) is 10.5 Å². The predicted octanol–water partition coefficient (Wildman–Crippen LogP) is 12.5. The maximum Gasteiger partial charge on any atom is 0.160 e. The Morgan fingerprint density at radius 2 is 1.63 bits per heavy atom. The van der Waals surface area contributed by atoms with E-state index in [1.54, 1.807) is 0 Å². The molecule has 0 aromatic heterocycles. The van der Waals surface area contributed by atoms with E-state index in [-0.39, 0.29) is 107 Å². The SMILES string of the molecule is CNCc1cc(O)cc(C2C(=O)C34CC=CC2C2(C)C3C(CC35C6C(O)C=CC(C7CCC(CO)C8C=CC(C(O)C9OC9(C)C9CCCC9c9cc(N)cc(CC(C)C)c9)C(C9=C(CCC23)C5(C)CC9=O)C87)C6CCC(C)C)NCC(C)(O)CCCC4)c1. The molecule has 15 rings (SSSR count). The molecule has 2 heterocycles. The molecule has 2 aromatic rings. The van der Waals surface area contributed by atoms with E-state index >= 15 is 9.59 Å². The van der Waals surface area contributed by atoms with Crippen molar-refractivity contribution >= 4 is 17.3 Å². The molecular formula is C78H109N3O8. The first-order valence-electron chi connectivity index (χ1n) is 35.8. The summed E-state index contributed by atoms with van der Waals surface area (Å²) in [4.78, 5) is 33.4. The van der Waals surface area contributed by atoms with Crippen molar-refractivity contribution in [3.63, 3.8) is 0 Å². The minimum atomic E-state index is -0.989. The van der Waals surface area contributed by atoms with E-state index in [2.05, 4.69) is 120 Å². The van der Waals surface area contributed by atoms with Crippen molar-refractivity contribution in [1.82, 2.24) is 10.6 Å². The molecule has 89 heavy (non-hydrogen) atoms. The van der Waals surface area contributed by atoms with Gasteiger partial charge in [0.2, 0.25) is 0 Å². The molecule has 2 aromatic carbocycles. The van der Waals surface area contributed by atoms with E-state index in [1.165, 1.54) is 16.7 Å². The van der Waals surface area contributed by atoms with Crippen LogP contribution in [-0.2, 0) is 27.3 Å². The first-order chi connectivity index (χ1) is 42.4. The maximum atomic E-state index is 16.8. The number of anilines is 1. The second-order valence-electron chi connectivity index (χ2n) is 33.7. The summed E-state index contributed by atoms with van der Waals surface area (Å²) in [5.74, 6) is 0.308. The normalized spacial score (nSPS) is 46.4. The number of carbonyl (C=O) groups excluding carboxylic acids is 2. The molecule has 25 atom stereocenters. The fraction of sp³-hybridized carbons (Fsp3) is 0.718. The van der Waals surface area contributed by atoms with Crippen molar-refractivity contribution in [3.8, 4) is 5.75 Å². The Morgan fingerprint density at radius 1 is 0.854 bits per heavy atom. The highest BCUT2D eigenvalue weighted by molar-refractivity contribution is 6.01. The number of nitrogen functional groups attached to an aromatic ring is 1. The Balaban J connectivity index is 0.966. The monoisotopic (exact) mass is 1220 g/mol. The Hall–Kier alpha value is -3.94. The first kappa shape index (κ1) is 62.5. The summed E-state index contributed by atoms with van der Waals surface area (Å²) in [5.41, 5.74) is 9.76. The average molecular weight is 1220 g/mol. The number of carbonyl (C=O) groups is 2. The minimum absolute atomic E-state index is 0.00253. The van der Waals surface area contributed by atoms with Crippen LogP contribution in [0.15, 0.2) is 84.0 Å². The van der Waals surface area contributed by atoms with Gasteiger partial charge in [-0.25, -0.2) is 0 Å². The summed E-state index contributed by atoms with van der Waals surface area (Å²) in [5, 5.41) is 70.6. The van der Waals surface area contributed by atoms with Gasteiger partial charge in [0.25, 0.3) is 0 Å². The number of β-amino-alcohol motifs (C(OH)–C–C–N with tert-alkyl or cyclic N) is 1. The smallest absolute Gasteiger partial charge is 0.160 e. The van der Waals surface area contributed by atoms with Gasteiger partial charge in [0.05, 0.1) is 29.3 Å². The highest BCUT2D eigenvalue weighted by Gasteiger charge is 2.79. The van der Waals surface area contributed by atoms with Gasteiger partial charge in [0.15, 0.2) is 5.78 Å². The fourth-order valence-electron chi connectivity index (χ4n) is 25.1. The Bertz CT molecular complexity index is 3220. The summed E-state index contributed by atoms with van der Waals surface area (Å²) in [6.45, 7) is 19.4. The van der Waals surface area contributed by atoms with Crippen molar-refractivity contribution in [3.05, 3.63) is 106 Å². The summed E-state index contributed by atoms with van der Waals surface area (Å²) >= 11 is 0. The van der Waals surface area contributed by atoms with Crippen LogP contribution < -0.4 is 16.4 Å². The number of aliphatic hydroxyl groups is 4. The molecule has 2 aliphatic heterocycles. The number of nitrogens with two attached hydrogens (primary N) is 1. The third kappa shape index (κ3) is 9.50. The number of aliphatic hydroxyl groups excluding tert-OH is 3. The molecule has 0 radical (unpaired) electrons. The minimum Gasteiger partial charge on any atom is -0.508 e. The number of aromatic hydroxyl groups is 1. The highest BCUT2D eigenvalue weighted by Crippen LogP contribution is 2.82. The van der Waals surface area contributed by atoms with Crippen LogP contribution in [0.1, 0.15) is 192 Å². The van der Waals surface area contributed by atoms with E-state index in [0.717, 1.165) is 93.0 Å². The number of rotatable bonds is 13. The van der Waals surface area contributed by atoms with Crippen LogP contribution in [0.5, 0.6) is 5.75 Å². The molecule has 0 amide bonds. The van der Waals surface area contributed by atoms with Gasteiger partial charge in [-0.05, 0) is 250 Å². The van der Waals surface area contributed by atoms with Gasteiger partial charge >= 0.3 is 0 Å². The summed E-state index contributed by atoms with van der Waals surface area (Å²) < 4.78 is 7.11. The molecular weight excluding hydrogens is 1110 g/mol. The zero-order chi connectivity index (χ0) is 62.6. The summed E-state index contributed by atoms with van der Waals surface area (Å²) in [6, 6.07) is 12.3. The number of ether oxygens (including phenoxy) is 1. The second kappa shape index (κ2) is 22.6. The fourth-order valence-corrected chi connectivity index (χ4v) is 25.1. The number of hydrogen-bond donors (Lipinski definition) is 8. The van der Waals surface area contributed by atoms with Crippen molar-refractivity contribution < 1.29 is 39.9 Å². The number of Topliss-reactive ketones (excluding diaryl/α,β-unsaturated/α-hetero) is 2. The van der Waals surface area contributed by atoms with Crippen molar-refractivity contribution in [2.45, 2.75) is 218 Å². The highest BCUT2D eigenvalue weighted by atomic mass is 16.6. The second-order valence-corrected chi connectivity index (χ2v) is 33.7. The van der Waals surface area contributed by atoms with Gasteiger partial charge in [-0.2, -0.15) is 0 Å². The van der Waals surface area contributed by atoms with Crippen LogP contribution in [-0.4, -0.2) is 92.9 Å². The molecule has 484 valence electrons. The Morgan fingerprint density at radius 3 is 2.39 bits per heavy atom. The number of phenols is 1. The van der Waals surface area contributed by atoms with E-state index in [0.29, 0.717) is 63.5 Å². The first-order valence-corrected chi connectivity index (χ1v) is 35.8. The largest absolute Gasteiger partial charge is 0.508 e. The number of benzene rings is 2. The van der Waals surface area contributed by atoms with Crippen LogP contribution in [0.25, 0.3) is 0 Å². The molecule has 13 aliphatic rings. The number of allylic oxidation sites excluding steroid dienone is 6. The average Bonchev–Trinajstić information content (AvgIpc) is 1.65. The lowest BCUT2D eigenvalue weighted by atomic mass is 9.28. The number of nitrogens with one attached hydrogen (secondary N) is 2. The van der Waals surface area contributed by atoms with Crippen LogP contribution in [0.3, 0.4) is 0 Å². The molecule has 11 heteroatoms. The zero-order valence-corrected chi connectivity index (χ0v) is 55.2. The topological polar surface area (TPSA) is 198 Å². The number of fused-ring (bicyclic) bond motifs is 6. The number of hydrogen-bond acceptors (Lipinski definition) is 11. The van der Waals surface area contributed by atoms with E-state index in [9.17, 15) is 25.5 Å². The molecule has 11 aliphatic carbocycles. The predicted molar refractivity (Wildman–Crippen MR) is 350 cm³/mol. The van der Waals surface area contributed by atoms with Gasteiger partial charge in [-0.15, -0.1) is 0 Å². The van der Waals surface area contributed by atoms with Gasteiger partial charge in [0.1, 0.15) is 17.6 Å². The van der Waals surface area contributed by atoms with Gasteiger partial charge in [-0.1, -0.05) is 121 Å². The van der Waals surface area contributed by atoms with Gasteiger partial charge in [-0.3, -0.25) is 9.59 Å². The van der Waals surface area contributed by atoms with Crippen molar-refractivity contribution in [2.75, 3.05) is 25.9 Å². The lowest BCUT2D eigenvalue weighted by molar-refractivity contribution is -0.251.